The maximum absolute atomic E-state index is 6.22. The Labute approximate surface area is 169 Å². The fourth-order valence-electron chi connectivity index (χ4n) is 3.88. The summed E-state index contributed by atoms with van der Waals surface area (Å²) in [7, 11) is -0.292. The molecule has 2 aliphatic rings. The molecular weight excluding hydrogens is 347 g/mol. The topological polar surface area (TPSA) is 24.9 Å². The summed E-state index contributed by atoms with van der Waals surface area (Å²) in [5.41, 5.74) is 3.15. The van der Waals surface area contributed by atoms with Crippen molar-refractivity contribution in [2.45, 2.75) is 45.4 Å². The second-order valence-corrected chi connectivity index (χ2v) is 8.93. The van der Waals surface area contributed by atoms with E-state index >= 15 is 0 Å². The van der Waals surface area contributed by atoms with E-state index in [4.69, 9.17) is 9.31 Å². The number of piperazine rings is 1. The van der Waals surface area contributed by atoms with E-state index in [0.29, 0.717) is 0 Å². The first-order valence-corrected chi connectivity index (χ1v) is 10.3. The van der Waals surface area contributed by atoms with Gasteiger partial charge in [0.2, 0.25) is 0 Å². The highest BCUT2D eigenvalue weighted by Gasteiger charge is 2.51. The molecule has 0 aliphatic carbocycles. The van der Waals surface area contributed by atoms with Crippen molar-refractivity contribution < 1.29 is 9.31 Å². The summed E-state index contributed by atoms with van der Waals surface area (Å²) in [5, 5.41) is 0. The molecule has 2 aromatic carbocycles. The molecular formula is C23H31BN2O2. The third kappa shape index (κ3) is 3.98. The summed E-state index contributed by atoms with van der Waals surface area (Å²) in [6, 6.07) is 19.4. The minimum absolute atomic E-state index is 0.292. The van der Waals surface area contributed by atoms with Crippen LogP contribution in [-0.2, 0) is 15.9 Å². The number of benzene rings is 2. The monoisotopic (exact) mass is 378 g/mol. The highest BCUT2D eigenvalue weighted by molar-refractivity contribution is 6.62. The van der Waals surface area contributed by atoms with Crippen molar-refractivity contribution in [2.24, 2.45) is 0 Å². The molecule has 2 saturated heterocycles. The van der Waals surface area contributed by atoms with E-state index in [1.54, 1.807) is 0 Å². The maximum Gasteiger partial charge on any atom is 0.494 e. The number of nitrogens with zero attached hydrogens (tertiary/aromatic N) is 2. The Morgan fingerprint density at radius 3 is 2.11 bits per heavy atom. The number of hydrogen-bond donors (Lipinski definition) is 0. The van der Waals surface area contributed by atoms with Crippen molar-refractivity contribution >= 4 is 18.3 Å². The standard InChI is InChI=1S/C23H31BN2O2/c1-22(2)23(3,4)28-24(27-22)20-10-8-9-19(17-20)18-25-13-15-26(16-14-25)21-11-6-5-7-12-21/h5-12,17H,13-16,18H2,1-4H3. The van der Waals surface area contributed by atoms with Gasteiger partial charge in [-0.15, -0.1) is 0 Å². The van der Waals surface area contributed by atoms with Gasteiger partial charge in [0.15, 0.2) is 0 Å². The van der Waals surface area contributed by atoms with Gasteiger partial charge in [0.1, 0.15) is 0 Å². The van der Waals surface area contributed by atoms with Crippen LogP contribution >= 0.6 is 0 Å². The molecule has 148 valence electrons. The Bertz CT molecular complexity index is 785. The first-order chi connectivity index (χ1) is 13.3. The van der Waals surface area contributed by atoms with E-state index in [1.807, 2.05) is 0 Å². The van der Waals surface area contributed by atoms with E-state index in [0.717, 1.165) is 38.2 Å². The number of rotatable bonds is 4. The molecule has 0 atom stereocenters. The van der Waals surface area contributed by atoms with Crippen molar-refractivity contribution in [2.75, 3.05) is 31.1 Å². The summed E-state index contributed by atoms with van der Waals surface area (Å²) >= 11 is 0. The highest BCUT2D eigenvalue weighted by Crippen LogP contribution is 2.36. The van der Waals surface area contributed by atoms with Crippen LogP contribution in [0.5, 0.6) is 0 Å². The molecule has 2 aliphatic heterocycles. The van der Waals surface area contributed by atoms with Gasteiger partial charge >= 0.3 is 7.12 Å². The molecule has 0 N–H and O–H groups in total. The van der Waals surface area contributed by atoms with Crippen LogP contribution in [0.3, 0.4) is 0 Å². The summed E-state index contributed by atoms with van der Waals surface area (Å²) in [5.74, 6) is 0. The molecule has 2 heterocycles. The van der Waals surface area contributed by atoms with Crippen molar-refractivity contribution in [3.8, 4) is 0 Å². The van der Waals surface area contributed by atoms with Gasteiger partial charge in [-0.3, -0.25) is 4.90 Å². The van der Waals surface area contributed by atoms with Gasteiger partial charge in [0, 0.05) is 38.4 Å². The van der Waals surface area contributed by atoms with Crippen LogP contribution in [0.2, 0.25) is 0 Å². The molecule has 4 rings (SSSR count). The van der Waals surface area contributed by atoms with Crippen LogP contribution in [0, 0.1) is 0 Å². The van der Waals surface area contributed by atoms with Crippen LogP contribution in [0.15, 0.2) is 54.6 Å². The van der Waals surface area contributed by atoms with E-state index in [-0.39, 0.29) is 18.3 Å². The molecule has 0 spiro atoms. The number of para-hydroxylation sites is 1. The molecule has 5 heteroatoms. The minimum Gasteiger partial charge on any atom is -0.399 e. The highest BCUT2D eigenvalue weighted by atomic mass is 16.7. The van der Waals surface area contributed by atoms with E-state index in [9.17, 15) is 0 Å². The Balaban J connectivity index is 1.37. The third-order valence-corrected chi connectivity index (χ3v) is 6.38. The van der Waals surface area contributed by atoms with Crippen LogP contribution in [0.4, 0.5) is 5.69 Å². The molecule has 0 radical (unpaired) electrons. The van der Waals surface area contributed by atoms with Gasteiger partial charge < -0.3 is 14.2 Å². The summed E-state index contributed by atoms with van der Waals surface area (Å²) in [6.45, 7) is 13.7. The molecule has 0 aromatic heterocycles. The van der Waals surface area contributed by atoms with Gasteiger partial charge in [-0.1, -0.05) is 42.5 Å². The fourth-order valence-corrected chi connectivity index (χ4v) is 3.88. The van der Waals surface area contributed by atoms with Gasteiger partial charge in [0.25, 0.3) is 0 Å². The quantitative estimate of drug-likeness (QED) is 0.763. The molecule has 0 saturated carbocycles. The zero-order chi connectivity index (χ0) is 19.8. The molecule has 0 unspecified atom stereocenters. The van der Waals surface area contributed by atoms with Crippen LogP contribution in [0.1, 0.15) is 33.3 Å². The Hall–Kier alpha value is -1.82. The normalized spacial score (nSPS) is 21.9. The largest absolute Gasteiger partial charge is 0.494 e. The van der Waals surface area contributed by atoms with Gasteiger partial charge in [-0.05, 0) is 50.9 Å². The minimum atomic E-state index is -0.304. The smallest absolute Gasteiger partial charge is 0.399 e. The molecule has 4 nitrogen and oxygen atoms in total. The average molecular weight is 378 g/mol. The van der Waals surface area contributed by atoms with Gasteiger partial charge in [-0.2, -0.15) is 0 Å². The Morgan fingerprint density at radius 2 is 1.46 bits per heavy atom. The third-order valence-electron chi connectivity index (χ3n) is 6.38. The number of anilines is 1. The lowest BCUT2D eigenvalue weighted by atomic mass is 9.78. The van der Waals surface area contributed by atoms with Crippen molar-refractivity contribution in [1.82, 2.24) is 4.90 Å². The maximum atomic E-state index is 6.22. The molecule has 0 amide bonds. The second kappa shape index (κ2) is 7.55. The van der Waals surface area contributed by atoms with E-state index < -0.39 is 0 Å². The predicted octanol–water partition coefficient (Wildman–Crippen LogP) is 3.31. The number of hydrogen-bond acceptors (Lipinski definition) is 4. The lowest BCUT2D eigenvalue weighted by Gasteiger charge is -2.36. The summed E-state index contributed by atoms with van der Waals surface area (Å²) in [6.07, 6.45) is 0. The molecule has 2 aromatic rings. The van der Waals surface area contributed by atoms with Crippen molar-refractivity contribution in [1.29, 1.82) is 0 Å². The first-order valence-electron chi connectivity index (χ1n) is 10.3. The SMILES string of the molecule is CC1(C)OB(c2cccc(CN3CCN(c4ccccc4)CC3)c2)OC1(C)C. The zero-order valence-electron chi connectivity index (χ0n) is 17.5. The zero-order valence-corrected chi connectivity index (χ0v) is 17.5. The Kier molecular flexibility index (Phi) is 5.25. The van der Waals surface area contributed by atoms with Crippen molar-refractivity contribution in [3.63, 3.8) is 0 Å². The molecule has 28 heavy (non-hydrogen) atoms. The lowest BCUT2D eigenvalue weighted by Crippen LogP contribution is -2.46. The van der Waals surface area contributed by atoms with Crippen molar-refractivity contribution in [3.05, 3.63) is 60.2 Å². The first kappa shape index (κ1) is 19.5. The van der Waals surface area contributed by atoms with E-state index in [1.165, 1.54) is 11.3 Å². The lowest BCUT2D eigenvalue weighted by molar-refractivity contribution is 0.00578. The van der Waals surface area contributed by atoms with Crippen LogP contribution in [0.25, 0.3) is 0 Å². The van der Waals surface area contributed by atoms with Crippen LogP contribution < -0.4 is 10.4 Å². The molecule has 0 bridgehead atoms. The summed E-state index contributed by atoms with van der Waals surface area (Å²) in [4.78, 5) is 5.00. The van der Waals surface area contributed by atoms with E-state index in [2.05, 4.69) is 92.1 Å². The average Bonchev–Trinajstić information content (AvgIpc) is 2.91. The second-order valence-electron chi connectivity index (χ2n) is 8.93. The van der Waals surface area contributed by atoms with Gasteiger partial charge in [-0.25, -0.2) is 0 Å². The Morgan fingerprint density at radius 1 is 0.821 bits per heavy atom. The van der Waals surface area contributed by atoms with Gasteiger partial charge in [0.05, 0.1) is 11.2 Å². The van der Waals surface area contributed by atoms with Crippen LogP contribution in [-0.4, -0.2) is 49.4 Å². The predicted molar refractivity (Wildman–Crippen MR) is 116 cm³/mol. The molecule has 2 fully saturated rings. The fraction of sp³-hybridized carbons (Fsp3) is 0.478. The summed E-state index contributed by atoms with van der Waals surface area (Å²) < 4.78 is 12.4.